The zero-order valence-corrected chi connectivity index (χ0v) is 18.9. The van der Waals surface area contributed by atoms with E-state index in [-0.39, 0.29) is 6.03 Å². The molecule has 0 bridgehead atoms. The number of urea groups is 1. The Labute approximate surface area is 194 Å². The lowest BCUT2D eigenvalue weighted by atomic mass is 10.2. The van der Waals surface area contributed by atoms with Gasteiger partial charge in [-0.2, -0.15) is 0 Å². The van der Waals surface area contributed by atoms with Gasteiger partial charge in [0.1, 0.15) is 0 Å². The minimum Gasteiger partial charge on any atom is -0.338 e. The number of amides is 2. The molecular weight excluding hydrogens is 457 g/mol. The third kappa shape index (κ3) is 6.04. The van der Waals surface area contributed by atoms with Crippen LogP contribution in [0, 0.1) is 0 Å². The summed E-state index contributed by atoms with van der Waals surface area (Å²) in [5.74, 6) is 0.772. The van der Waals surface area contributed by atoms with Crippen LogP contribution in [-0.4, -0.2) is 52.1 Å². The Balaban J connectivity index is 1.22. The summed E-state index contributed by atoms with van der Waals surface area (Å²) in [5, 5.41) is 9.06. The molecule has 2 N–H and O–H groups in total. The maximum absolute atomic E-state index is 12.2. The Morgan fingerprint density at radius 2 is 1.87 bits per heavy atom. The highest BCUT2D eigenvalue weighted by Gasteiger charge is 2.19. The molecule has 2 amide bonds. The molecule has 0 unspecified atom stereocenters. The van der Waals surface area contributed by atoms with Crippen LogP contribution in [-0.2, 0) is 13.1 Å². The monoisotopic (exact) mass is 477 g/mol. The van der Waals surface area contributed by atoms with E-state index in [2.05, 4.69) is 35.4 Å². The highest BCUT2D eigenvalue weighted by Crippen LogP contribution is 2.22. The number of nitrogens with one attached hydrogen (secondary N) is 2. The van der Waals surface area contributed by atoms with Gasteiger partial charge in [0, 0.05) is 57.0 Å². The number of carbonyl (C=O) groups excluding carboxylic acids is 1. The Morgan fingerprint density at radius 1 is 1.10 bits per heavy atom. The van der Waals surface area contributed by atoms with Gasteiger partial charge in [-0.15, -0.1) is 11.3 Å². The van der Waals surface area contributed by atoms with E-state index in [0.717, 1.165) is 49.9 Å². The predicted molar refractivity (Wildman–Crippen MR) is 124 cm³/mol. The standard InChI is InChI=1S/C20H21Cl2N7OS/c21-16-3-2-14(10-17(16)22)11-25-19(30)27-20-26-15(13-31-20)12-28-6-8-29(9-7-28)18-23-4-1-5-24-18/h1-5,10,13H,6-9,11-12H2,(H2,25,26,27,30). The molecule has 1 aliphatic heterocycles. The smallest absolute Gasteiger partial charge is 0.321 e. The van der Waals surface area contributed by atoms with Crippen molar-refractivity contribution in [1.82, 2.24) is 25.2 Å². The molecule has 0 saturated carbocycles. The third-order valence-electron chi connectivity index (χ3n) is 4.80. The van der Waals surface area contributed by atoms with Crippen molar-refractivity contribution in [3.8, 4) is 0 Å². The molecule has 8 nitrogen and oxygen atoms in total. The van der Waals surface area contributed by atoms with E-state index >= 15 is 0 Å². The Hall–Kier alpha value is -2.46. The van der Waals surface area contributed by atoms with E-state index in [9.17, 15) is 4.79 Å². The van der Waals surface area contributed by atoms with Crippen molar-refractivity contribution < 1.29 is 4.79 Å². The molecule has 0 radical (unpaired) electrons. The molecule has 3 aromatic rings. The summed E-state index contributed by atoms with van der Waals surface area (Å²) in [4.78, 5) is 29.8. The van der Waals surface area contributed by atoms with Crippen molar-refractivity contribution >= 4 is 51.6 Å². The highest BCUT2D eigenvalue weighted by molar-refractivity contribution is 7.13. The number of hydrogen-bond donors (Lipinski definition) is 2. The lowest BCUT2D eigenvalue weighted by Crippen LogP contribution is -2.46. The largest absolute Gasteiger partial charge is 0.338 e. The third-order valence-corrected chi connectivity index (χ3v) is 6.35. The first-order valence-corrected chi connectivity index (χ1v) is 11.4. The minimum absolute atomic E-state index is 0.316. The molecular formula is C20H21Cl2N7OS. The van der Waals surface area contributed by atoms with E-state index in [1.54, 1.807) is 24.5 Å². The van der Waals surface area contributed by atoms with E-state index < -0.39 is 0 Å². The van der Waals surface area contributed by atoms with Crippen LogP contribution in [0.15, 0.2) is 42.0 Å². The molecule has 1 aliphatic rings. The number of nitrogens with zero attached hydrogens (tertiary/aromatic N) is 5. The SMILES string of the molecule is O=C(NCc1ccc(Cl)c(Cl)c1)Nc1nc(CN2CCN(c3ncccn3)CC2)cs1. The molecule has 1 aromatic carbocycles. The zero-order chi connectivity index (χ0) is 21.6. The van der Waals surface area contributed by atoms with Crippen LogP contribution in [0.4, 0.5) is 15.9 Å². The second-order valence-corrected chi connectivity index (χ2v) is 8.68. The minimum atomic E-state index is -0.316. The van der Waals surface area contributed by atoms with Crippen LogP contribution in [0.1, 0.15) is 11.3 Å². The second kappa shape index (κ2) is 10.2. The molecule has 31 heavy (non-hydrogen) atoms. The average molecular weight is 478 g/mol. The number of aromatic nitrogens is 3. The van der Waals surface area contributed by atoms with Gasteiger partial charge in [-0.1, -0.05) is 29.3 Å². The number of hydrogen-bond acceptors (Lipinski definition) is 7. The fraction of sp³-hybridized carbons (Fsp3) is 0.300. The van der Waals surface area contributed by atoms with Crippen molar-refractivity contribution in [2.24, 2.45) is 0 Å². The van der Waals surface area contributed by atoms with E-state index in [0.29, 0.717) is 21.7 Å². The first-order chi connectivity index (χ1) is 15.1. The van der Waals surface area contributed by atoms with Crippen molar-refractivity contribution in [3.63, 3.8) is 0 Å². The molecule has 3 heterocycles. The molecule has 0 aliphatic carbocycles. The van der Waals surface area contributed by atoms with Crippen LogP contribution in [0.3, 0.4) is 0 Å². The van der Waals surface area contributed by atoms with Gasteiger partial charge < -0.3 is 10.2 Å². The van der Waals surface area contributed by atoms with Gasteiger partial charge in [-0.25, -0.2) is 19.7 Å². The van der Waals surface area contributed by atoms with E-state index in [4.69, 9.17) is 23.2 Å². The van der Waals surface area contributed by atoms with Gasteiger partial charge in [0.2, 0.25) is 5.95 Å². The molecule has 2 aromatic heterocycles. The molecule has 4 rings (SSSR count). The summed E-state index contributed by atoms with van der Waals surface area (Å²) in [6.07, 6.45) is 3.53. The van der Waals surface area contributed by atoms with Gasteiger partial charge in [-0.05, 0) is 23.8 Å². The molecule has 1 fully saturated rings. The Bertz CT molecular complexity index is 1030. The second-order valence-electron chi connectivity index (χ2n) is 7.01. The summed E-state index contributed by atoms with van der Waals surface area (Å²) in [7, 11) is 0. The van der Waals surface area contributed by atoms with Crippen LogP contribution >= 0.6 is 34.5 Å². The predicted octanol–water partition coefficient (Wildman–Crippen LogP) is 3.88. The number of rotatable bonds is 6. The average Bonchev–Trinajstić information content (AvgIpc) is 3.22. The topological polar surface area (TPSA) is 86.3 Å². The fourth-order valence-corrected chi connectivity index (χ4v) is 4.22. The zero-order valence-electron chi connectivity index (χ0n) is 16.6. The first kappa shape index (κ1) is 21.8. The van der Waals surface area contributed by atoms with Crippen molar-refractivity contribution in [1.29, 1.82) is 0 Å². The molecule has 1 saturated heterocycles. The van der Waals surface area contributed by atoms with E-state index in [1.807, 2.05) is 17.5 Å². The van der Waals surface area contributed by atoms with Crippen LogP contribution in [0.5, 0.6) is 0 Å². The summed E-state index contributed by atoms with van der Waals surface area (Å²) >= 11 is 13.3. The number of piperazine rings is 1. The number of thiazole rings is 1. The van der Waals surface area contributed by atoms with Crippen LogP contribution < -0.4 is 15.5 Å². The Kier molecular flexibility index (Phi) is 7.18. The van der Waals surface area contributed by atoms with Crippen molar-refractivity contribution in [3.05, 3.63) is 63.3 Å². The lowest BCUT2D eigenvalue weighted by Gasteiger charge is -2.34. The molecule has 0 spiro atoms. The first-order valence-electron chi connectivity index (χ1n) is 9.74. The number of carbonyl (C=O) groups is 1. The summed E-state index contributed by atoms with van der Waals surface area (Å²) in [6, 6.07) is 6.76. The molecule has 162 valence electrons. The number of benzene rings is 1. The Morgan fingerprint density at radius 3 is 2.61 bits per heavy atom. The maximum atomic E-state index is 12.2. The number of anilines is 2. The van der Waals surface area contributed by atoms with Gasteiger partial charge in [0.25, 0.3) is 0 Å². The van der Waals surface area contributed by atoms with Gasteiger partial charge in [0.15, 0.2) is 5.13 Å². The summed E-state index contributed by atoms with van der Waals surface area (Å²) in [6.45, 7) is 4.64. The maximum Gasteiger partial charge on any atom is 0.321 e. The van der Waals surface area contributed by atoms with Gasteiger partial charge >= 0.3 is 6.03 Å². The van der Waals surface area contributed by atoms with Crippen molar-refractivity contribution in [2.45, 2.75) is 13.1 Å². The quantitative estimate of drug-likeness (QED) is 0.559. The normalized spacial score (nSPS) is 14.5. The van der Waals surface area contributed by atoms with Crippen molar-refractivity contribution in [2.75, 3.05) is 36.4 Å². The van der Waals surface area contributed by atoms with Gasteiger partial charge in [-0.3, -0.25) is 10.2 Å². The summed E-state index contributed by atoms with van der Waals surface area (Å²) in [5.41, 5.74) is 1.80. The lowest BCUT2D eigenvalue weighted by molar-refractivity contribution is 0.246. The number of halogens is 2. The van der Waals surface area contributed by atoms with E-state index in [1.165, 1.54) is 11.3 Å². The molecule has 11 heteroatoms. The summed E-state index contributed by atoms with van der Waals surface area (Å²) < 4.78 is 0. The highest BCUT2D eigenvalue weighted by atomic mass is 35.5. The van der Waals surface area contributed by atoms with Crippen LogP contribution in [0.2, 0.25) is 10.0 Å². The van der Waals surface area contributed by atoms with Gasteiger partial charge in [0.05, 0.1) is 15.7 Å². The van der Waals surface area contributed by atoms with Crippen LogP contribution in [0.25, 0.3) is 0 Å². The fourth-order valence-electron chi connectivity index (χ4n) is 3.20. The molecule has 0 atom stereocenters.